The van der Waals surface area contributed by atoms with Crippen LogP contribution in [0.1, 0.15) is 77.6 Å². The van der Waals surface area contributed by atoms with Gasteiger partial charge in [-0.2, -0.15) is 23.5 Å². The largest absolute Gasteiger partial charge is 0.392 e. The molecule has 0 amide bonds. The normalized spacial score (nSPS) is 21.0. The van der Waals surface area contributed by atoms with Crippen LogP contribution in [-0.2, 0) is 0 Å². The highest BCUT2D eigenvalue weighted by Crippen LogP contribution is 2.28. The van der Waals surface area contributed by atoms with Gasteiger partial charge in [0.25, 0.3) is 0 Å². The first-order chi connectivity index (χ1) is 9.84. The third kappa shape index (κ3) is 9.57. The monoisotopic (exact) mass is 318 g/mol. The summed E-state index contributed by atoms with van der Waals surface area (Å²) in [6.07, 6.45) is 14.7. The summed E-state index contributed by atoms with van der Waals surface area (Å²) in [4.78, 5) is 0. The molecule has 0 aromatic carbocycles. The fourth-order valence-electron chi connectivity index (χ4n) is 2.75. The van der Waals surface area contributed by atoms with Crippen LogP contribution in [0.15, 0.2) is 0 Å². The Labute approximate surface area is 135 Å². The average Bonchev–Trinajstić information content (AvgIpc) is 2.50. The summed E-state index contributed by atoms with van der Waals surface area (Å²) in [5.41, 5.74) is 0. The molecule has 20 heavy (non-hydrogen) atoms. The van der Waals surface area contributed by atoms with Gasteiger partial charge in [0.2, 0.25) is 0 Å². The molecule has 1 nitrogen and oxygen atoms in total. The van der Waals surface area contributed by atoms with Gasteiger partial charge in [-0.05, 0) is 6.42 Å². The van der Waals surface area contributed by atoms with E-state index < -0.39 is 0 Å². The zero-order valence-corrected chi connectivity index (χ0v) is 15.0. The number of hydrogen-bond acceptors (Lipinski definition) is 3. The maximum Gasteiger partial charge on any atom is 0.0666 e. The van der Waals surface area contributed by atoms with E-state index in [2.05, 4.69) is 6.92 Å². The molecular weight excluding hydrogens is 284 g/mol. The molecule has 1 aliphatic rings. The molecule has 120 valence electrons. The topological polar surface area (TPSA) is 20.2 Å². The van der Waals surface area contributed by atoms with E-state index in [0.29, 0.717) is 5.25 Å². The van der Waals surface area contributed by atoms with E-state index >= 15 is 0 Å². The van der Waals surface area contributed by atoms with E-state index in [4.69, 9.17) is 0 Å². The number of rotatable bonds is 12. The average molecular weight is 319 g/mol. The predicted molar refractivity (Wildman–Crippen MR) is 96.0 cm³/mol. The third-order valence-electron chi connectivity index (χ3n) is 4.12. The van der Waals surface area contributed by atoms with E-state index in [0.717, 1.165) is 12.2 Å². The first kappa shape index (κ1) is 18.7. The maximum atomic E-state index is 10.2. The Morgan fingerprint density at radius 1 is 0.900 bits per heavy atom. The molecule has 0 aromatic heterocycles. The number of unbranched alkanes of at least 4 members (excludes halogenated alkanes) is 9. The second-order valence-electron chi connectivity index (χ2n) is 6.02. The van der Waals surface area contributed by atoms with Gasteiger partial charge in [0, 0.05) is 22.5 Å². The molecule has 0 spiro atoms. The van der Waals surface area contributed by atoms with Crippen molar-refractivity contribution in [3.05, 3.63) is 0 Å². The van der Waals surface area contributed by atoms with Gasteiger partial charge < -0.3 is 5.11 Å². The molecule has 1 aliphatic heterocycles. The zero-order valence-electron chi connectivity index (χ0n) is 13.3. The Balaban J connectivity index is 1.82. The molecule has 0 aromatic rings. The minimum Gasteiger partial charge on any atom is -0.392 e. The van der Waals surface area contributed by atoms with Crippen molar-refractivity contribution in [1.82, 2.24) is 0 Å². The second-order valence-corrected chi connectivity index (χ2v) is 8.52. The first-order valence-electron chi connectivity index (χ1n) is 8.72. The highest BCUT2D eigenvalue weighted by atomic mass is 32.2. The summed E-state index contributed by atoms with van der Waals surface area (Å²) in [5, 5.41) is 10.7. The van der Waals surface area contributed by atoms with Crippen LogP contribution in [0.2, 0.25) is 0 Å². The van der Waals surface area contributed by atoms with Gasteiger partial charge in [-0.25, -0.2) is 0 Å². The van der Waals surface area contributed by atoms with Crippen LogP contribution >= 0.6 is 23.5 Å². The molecule has 0 bridgehead atoms. The fourth-order valence-corrected chi connectivity index (χ4v) is 5.57. The smallest absolute Gasteiger partial charge is 0.0666 e. The summed E-state index contributed by atoms with van der Waals surface area (Å²) in [6.45, 7) is 2.28. The standard InChI is InChI=1S/C17H34OS2/c1-2-3-4-5-6-7-8-9-10-11-12-16(18)17-15-19-13-14-20-17/h16-18H,2-15H2,1H3. The highest BCUT2D eigenvalue weighted by molar-refractivity contribution is 8.06. The summed E-state index contributed by atoms with van der Waals surface area (Å²) in [7, 11) is 0. The Morgan fingerprint density at radius 3 is 2.05 bits per heavy atom. The van der Waals surface area contributed by atoms with Crippen LogP contribution in [0.25, 0.3) is 0 Å². The van der Waals surface area contributed by atoms with Crippen molar-refractivity contribution < 1.29 is 5.11 Å². The molecule has 1 fully saturated rings. The zero-order chi connectivity index (χ0) is 14.5. The van der Waals surface area contributed by atoms with Gasteiger partial charge in [0.1, 0.15) is 0 Å². The molecule has 0 saturated carbocycles. The van der Waals surface area contributed by atoms with Gasteiger partial charge in [0.05, 0.1) is 6.10 Å². The molecule has 0 aliphatic carbocycles. The Morgan fingerprint density at radius 2 is 1.50 bits per heavy atom. The van der Waals surface area contributed by atoms with Gasteiger partial charge in [-0.3, -0.25) is 0 Å². The molecule has 1 N–H and O–H groups in total. The Bertz CT molecular complexity index is 205. The molecule has 1 heterocycles. The molecular formula is C17H34OS2. The van der Waals surface area contributed by atoms with Gasteiger partial charge in [-0.1, -0.05) is 71.1 Å². The second kappa shape index (κ2) is 13.3. The molecule has 1 saturated heterocycles. The van der Waals surface area contributed by atoms with Crippen molar-refractivity contribution in [3.63, 3.8) is 0 Å². The van der Waals surface area contributed by atoms with Crippen LogP contribution < -0.4 is 0 Å². The number of aliphatic hydroxyl groups excluding tert-OH is 1. The Kier molecular flexibility index (Phi) is 12.5. The van der Waals surface area contributed by atoms with Crippen LogP contribution in [-0.4, -0.2) is 33.7 Å². The van der Waals surface area contributed by atoms with Crippen LogP contribution in [0.4, 0.5) is 0 Å². The molecule has 2 unspecified atom stereocenters. The van der Waals surface area contributed by atoms with Gasteiger partial charge >= 0.3 is 0 Å². The molecule has 1 rings (SSSR count). The SMILES string of the molecule is CCCCCCCCCCCCC(O)C1CSCCS1. The van der Waals surface area contributed by atoms with E-state index in [1.54, 1.807) is 0 Å². The van der Waals surface area contributed by atoms with Crippen LogP contribution in [0.3, 0.4) is 0 Å². The predicted octanol–water partition coefficient (Wildman–Crippen LogP) is 5.51. The van der Waals surface area contributed by atoms with Crippen LogP contribution in [0.5, 0.6) is 0 Å². The lowest BCUT2D eigenvalue weighted by Gasteiger charge is -2.25. The summed E-state index contributed by atoms with van der Waals surface area (Å²) in [5.74, 6) is 3.65. The van der Waals surface area contributed by atoms with Crippen LogP contribution in [0, 0.1) is 0 Å². The third-order valence-corrected chi connectivity index (χ3v) is 7.03. The first-order valence-corrected chi connectivity index (χ1v) is 10.9. The molecule has 3 heteroatoms. The van der Waals surface area contributed by atoms with E-state index in [1.807, 2.05) is 23.5 Å². The highest BCUT2D eigenvalue weighted by Gasteiger charge is 2.21. The Hall–Kier alpha value is 0.660. The van der Waals surface area contributed by atoms with E-state index in [9.17, 15) is 5.11 Å². The fraction of sp³-hybridized carbons (Fsp3) is 1.00. The quantitative estimate of drug-likeness (QED) is 0.479. The summed E-state index contributed by atoms with van der Waals surface area (Å²) < 4.78 is 0. The lowest BCUT2D eigenvalue weighted by atomic mass is 10.0. The van der Waals surface area contributed by atoms with E-state index in [-0.39, 0.29) is 6.10 Å². The van der Waals surface area contributed by atoms with Crippen molar-refractivity contribution in [1.29, 1.82) is 0 Å². The number of thioether (sulfide) groups is 2. The van der Waals surface area contributed by atoms with E-state index in [1.165, 1.54) is 75.7 Å². The molecule has 0 radical (unpaired) electrons. The van der Waals surface area contributed by atoms with Gasteiger partial charge in [-0.15, -0.1) is 0 Å². The van der Waals surface area contributed by atoms with Crippen molar-refractivity contribution in [2.45, 2.75) is 88.9 Å². The number of aliphatic hydroxyl groups is 1. The number of hydrogen-bond donors (Lipinski definition) is 1. The van der Waals surface area contributed by atoms with Crippen molar-refractivity contribution in [2.24, 2.45) is 0 Å². The molecule has 2 atom stereocenters. The summed E-state index contributed by atoms with van der Waals surface area (Å²) in [6, 6.07) is 0. The van der Waals surface area contributed by atoms with Crippen molar-refractivity contribution >= 4 is 23.5 Å². The maximum absolute atomic E-state index is 10.2. The van der Waals surface area contributed by atoms with Crippen molar-refractivity contribution in [3.8, 4) is 0 Å². The lowest BCUT2D eigenvalue weighted by molar-refractivity contribution is 0.163. The summed E-state index contributed by atoms with van der Waals surface area (Å²) >= 11 is 3.99. The minimum absolute atomic E-state index is 0.0538. The minimum atomic E-state index is -0.0538. The lowest BCUT2D eigenvalue weighted by Crippen LogP contribution is -2.28. The van der Waals surface area contributed by atoms with Gasteiger partial charge in [0.15, 0.2) is 0 Å². The van der Waals surface area contributed by atoms with Crippen molar-refractivity contribution in [2.75, 3.05) is 17.3 Å².